The zero-order chi connectivity index (χ0) is 42.7. The van der Waals surface area contributed by atoms with Crippen molar-refractivity contribution in [3.63, 3.8) is 0 Å². The Hall–Kier alpha value is -8.77. The standard InChI is InChI=1S/C58H37N5/c1-38-53(47-18-8-12-39(32-47)36-59)34-54(43-14-4-2-5-15-43)61-57(38)45-28-24-41(25-29-45)49-20-10-23-52-50(21-11-22-51(49)52)42-26-30-46(31-27-42)58-62-55(44-16-6-3-7-17-44)35-56(63-58)48-19-9-13-40(33-48)37-60/h2-35H,1H3. The third-order valence-electron chi connectivity index (χ3n) is 11.6. The minimum Gasteiger partial charge on any atom is -0.247 e. The van der Waals surface area contributed by atoms with Crippen molar-refractivity contribution in [3.8, 4) is 102 Å². The number of benzene rings is 8. The molecule has 0 unspecified atom stereocenters. The average Bonchev–Trinajstić information content (AvgIpc) is 3.36. The second kappa shape index (κ2) is 16.7. The first kappa shape index (κ1) is 38.4. The highest BCUT2D eigenvalue weighted by Crippen LogP contribution is 2.39. The summed E-state index contributed by atoms with van der Waals surface area (Å²) in [5, 5.41) is 21.6. The molecule has 0 aliphatic rings. The molecular formula is C58H37N5. The van der Waals surface area contributed by atoms with E-state index in [1.165, 1.54) is 0 Å². The molecule has 0 saturated carbocycles. The summed E-state index contributed by atoms with van der Waals surface area (Å²) < 4.78 is 0. The Morgan fingerprint density at radius 1 is 0.333 bits per heavy atom. The van der Waals surface area contributed by atoms with Gasteiger partial charge in [0.15, 0.2) is 5.82 Å². The first-order valence-electron chi connectivity index (χ1n) is 20.8. The van der Waals surface area contributed by atoms with E-state index in [1.54, 1.807) is 6.07 Å². The van der Waals surface area contributed by atoms with E-state index in [0.29, 0.717) is 17.0 Å². The van der Waals surface area contributed by atoms with Crippen LogP contribution in [0.5, 0.6) is 0 Å². The van der Waals surface area contributed by atoms with Crippen LogP contribution in [0.1, 0.15) is 16.7 Å². The maximum Gasteiger partial charge on any atom is 0.160 e. The first-order valence-corrected chi connectivity index (χ1v) is 20.8. The first-order chi connectivity index (χ1) is 31.0. The van der Waals surface area contributed by atoms with Crippen LogP contribution in [-0.2, 0) is 0 Å². The third kappa shape index (κ3) is 7.64. The Balaban J connectivity index is 0.995. The van der Waals surface area contributed by atoms with E-state index in [2.05, 4.69) is 128 Å². The van der Waals surface area contributed by atoms with E-state index in [4.69, 9.17) is 15.0 Å². The Labute approximate surface area is 366 Å². The normalized spacial score (nSPS) is 10.9. The second-order valence-corrected chi connectivity index (χ2v) is 15.5. The number of nitrogens with zero attached hydrogens (tertiary/aromatic N) is 5. The van der Waals surface area contributed by atoms with Crippen LogP contribution in [0.3, 0.4) is 0 Å². The summed E-state index contributed by atoms with van der Waals surface area (Å²) in [7, 11) is 0. The highest BCUT2D eigenvalue weighted by atomic mass is 14.9. The van der Waals surface area contributed by atoms with Crippen LogP contribution in [0.25, 0.3) is 101 Å². The molecule has 0 bridgehead atoms. The van der Waals surface area contributed by atoms with Gasteiger partial charge in [-0.1, -0.05) is 170 Å². The molecule has 0 fully saturated rings. The highest BCUT2D eigenvalue weighted by molar-refractivity contribution is 6.04. The van der Waals surface area contributed by atoms with Gasteiger partial charge in [-0.2, -0.15) is 10.5 Å². The van der Waals surface area contributed by atoms with E-state index in [9.17, 15) is 10.5 Å². The van der Waals surface area contributed by atoms with Crippen molar-refractivity contribution in [2.24, 2.45) is 0 Å². The van der Waals surface area contributed by atoms with Crippen LogP contribution in [0.2, 0.25) is 0 Å². The topological polar surface area (TPSA) is 86.2 Å². The Morgan fingerprint density at radius 3 is 1.33 bits per heavy atom. The van der Waals surface area contributed by atoms with Crippen LogP contribution in [0, 0.1) is 29.6 Å². The van der Waals surface area contributed by atoms with E-state index in [-0.39, 0.29) is 0 Å². The Morgan fingerprint density at radius 2 is 0.778 bits per heavy atom. The summed E-state index contributed by atoms with van der Waals surface area (Å²) in [6.45, 7) is 2.11. The van der Waals surface area contributed by atoms with E-state index < -0.39 is 0 Å². The molecule has 0 aliphatic heterocycles. The number of hydrogen-bond donors (Lipinski definition) is 0. The van der Waals surface area contributed by atoms with Crippen molar-refractivity contribution in [3.05, 3.63) is 223 Å². The summed E-state index contributed by atoms with van der Waals surface area (Å²) in [4.78, 5) is 15.3. The molecule has 0 atom stereocenters. The molecule has 0 aliphatic carbocycles. The fourth-order valence-electron chi connectivity index (χ4n) is 8.35. The predicted octanol–water partition coefficient (Wildman–Crippen LogP) is 14.4. The fraction of sp³-hybridized carbons (Fsp3) is 0.0172. The second-order valence-electron chi connectivity index (χ2n) is 15.5. The zero-order valence-electron chi connectivity index (χ0n) is 34.4. The number of pyridine rings is 1. The molecule has 63 heavy (non-hydrogen) atoms. The average molecular weight is 804 g/mol. The van der Waals surface area contributed by atoms with Crippen molar-refractivity contribution >= 4 is 10.8 Å². The molecule has 10 rings (SSSR count). The molecule has 0 spiro atoms. The molecule has 0 amide bonds. The summed E-state index contributed by atoms with van der Waals surface area (Å²) in [6.07, 6.45) is 0. The van der Waals surface area contributed by atoms with Gasteiger partial charge in [0.1, 0.15) is 0 Å². The maximum atomic E-state index is 9.67. The highest BCUT2D eigenvalue weighted by Gasteiger charge is 2.17. The maximum absolute atomic E-state index is 9.67. The van der Waals surface area contributed by atoms with Crippen molar-refractivity contribution in [2.75, 3.05) is 0 Å². The summed E-state index contributed by atoms with van der Waals surface area (Å²) in [6, 6.07) is 74.5. The van der Waals surface area contributed by atoms with Crippen LogP contribution in [-0.4, -0.2) is 15.0 Å². The molecule has 8 aromatic carbocycles. The van der Waals surface area contributed by atoms with Gasteiger partial charge in [-0.15, -0.1) is 0 Å². The lowest BCUT2D eigenvalue weighted by atomic mass is 9.91. The molecule has 0 saturated heterocycles. The summed E-state index contributed by atoms with van der Waals surface area (Å²) in [5.41, 5.74) is 17.0. The van der Waals surface area contributed by atoms with Gasteiger partial charge < -0.3 is 0 Å². The minimum absolute atomic E-state index is 0.584. The third-order valence-corrected chi connectivity index (χ3v) is 11.6. The molecule has 2 heterocycles. The molecule has 5 heteroatoms. The van der Waals surface area contributed by atoms with Crippen LogP contribution in [0.4, 0.5) is 0 Å². The van der Waals surface area contributed by atoms with Crippen LogP contribution >= 0.6 is 0 Å². The smallest absolute Gasteiger partial charge is 0.160 e. The van der Waals surface area contributed by atoms with E-state index in [1.807, 2.05) is 91.0 Å². The molecular weight excluding hydrogens is 767 g/mol. The molecule has 10 aromatic rings. The van der Waals surface area contributed by atoms with Crippen molar-refractivity contribution < 1.29 is 0 Å². The number of aromatic nitrogens is 3. The van der Waals surface area contributed by atoms with Crippen molar-refractivity contribution in [2.45, 2.75) is 6.92 Å². The number of nitriles is 2. The molecule has 294 valence electrons. The van der Waals surface area contributed by atoms with Crippen LogP contribution in [0.15, 0.2) is 206 Å². The largest absolute Gasteiger partial charge is 0.247 e. The fourth-order valence-corrected chi connectivity index (χ4v) is 8.35. The molecule has 0 radical (unpaired) electrons. The van der Waals surface area contributed by atoms with Gasteiger partial charge in [0, 0.05) is 27.8 Å². The van der Waals surface area contributed by atoms with Gasteiger partial charge >= 0.3 is 0 Å². The lowest BCUT2D eigenvalue weighted by molar-refractivity contribution is 1.18. The Bertz CT molecular complexity index is 3400. The van der Waals surface area contributed by atoms with Gasteiger partial charge in [-0.3, -0.25) is 0 Å². The van der Waals surface area contributed by atoms with Gasteiger partial charge in [-0.05, 0) is 93.0 Å². The SMILES string of the molecule is Cc1c(-c2cccc(C#N)c2)cc(-c2ccccc2)nc1-c1ccc(-c2cccc3c(-c4ccc(-c5nc(-c6ccccc6)cc(-c6cccc(C#N)c6)n5)cc4)cccc23)cc1. The molecule has 5 nitrogen and oxygen atoms in total. The molecule has 0 N–H and O–H groups in total. The zero-order valence-corrected chi connectivity index (χ0v) is 34.4. The van der Waals surface area contributed by atoms with E-state index in [0.717, 1.165) is 100 Å². The van der Waals surface area contributed by atoms with E-state index >= 15 is 0 Å². The van der Waals surface area contributed by atoms with Gasteiger partial charge in [-0.25, -0.2) is 15.0 Å². The lowest BCUT2D eigenvalue weighted by Crippen LogP contribution is -1.96. The molecule has 2 aromatic heterocycles. The van der Waals surface area contributed by atoms with Gasteiger partial charge in [0.25, 0.3) is 0 Å². The van der Waals surface area contributed by atoms with Crippen molar-refractivity contribution in [1.29, 1.82) is 10.5 Å². The summed E-state index contributed by atoms with van der Waals surface area (Å²) in [5.74, 6) is 0.616. The minimum atomic E-state index is 0.584. The number of rotatable bonds is 8. The Kier molecular flexibility index (Phi) is 10.2. The monoisotopic (exact) mass is 803 g/mol. The summed E-state index contributed by atoms with van der Waals surface area (Å²) >= 11 is 0. The number of fused-ring (bicyclic) bond motifs is 1. The lowest BCUT2D eigenvalue weighted by Gasteiger charge is -2.16. The van der Waals surface area contributed by atoms with Gasteiger partial charge in [0.2, 0.25) is 0 Å². The quantitative estimate of drug-likeness (QED) is 0.153. The predicted molar refractivity (Wildman–Crippen MR) is 255 cm³/mol. The number of hydrogen-bond acceptors (Lipinski definition) is 5. The van der Waals surface area contributed by atoms with Gasteiger partial charge in [0.05, 0.1) is 46.0 Å². The van der Waals surface area contributed by atoms with Crippen LogP contribution < -0.4 is 0 Å². The van der Waals surface area contributed by atoms with Crippen molar-refractivity contribution in [1.82, 2.24) is 15.0 Å².